The molecule has 0 bridgehead atoms. The molecule has 0 saturated carbocycles. The molecular formula is C13H16FNO2. The maximum absolute atomic E-state index is 13.5. The molecule has 0 aliphatic heterocycles. The minimum atomic E-state index is -1.25. The Morgan fingerprint density at radius 3 is 2.59 bits per heavy atom. The standard InChI is InChI=1S/C13H16FNO2/c1-4-15(8-9(2)3)10-5-6-11(13(16)17)12(14)7-10/h5-7H,2,4,8H2,1,3H3,(H,16,17). The number of halogens is 1. The smallest absolute Gasteiger partial charge is 0.338 e. The summed E-state index contributed by atoms with van der Waals surface area (Å²) in [5, 5.41) is 8.73. The number of hydrogen-bond donors (Lipinski definition) is 1. The first-order valence-electron chi connectivity index (χ1n) is 5.38. The minimum Gasteiger partial charge on any atom is -0.478 e. The average Bonchev–Trinajstić information content (AvgIpc) is 2.24. The number of nitrogens with zero attached hydrogens (tertiary/aromatic N) is 1. The van der Waals surface area contributed by atoms with Gasteiger partial charge in [0.1, 0.15) is 5.82 Å². The Balaban J connectivity index is 3.02. The van der Waals surface area contributed by atoms with Crippen LogP contribution in [0.5, 0.6) is 0 Å². The van der Waals surface area contributed by atoms with Crippen LogP contribution in [0.25, 0.3) is 0 Å². The zero-order valence-corrected chi connectivity index (χ0v) is 10.0. The first-order chi connectivity index (χ1) is 7.95. The molecule has 1 aromatic rings. The van der Waals surface area contributed by atoms with Crippen molar-refractivity contribution in [2.75, 3.05) is 18.0 Å². The first-order valence-corrected chi connectivity index (χ1v) is 5.38. The van der Waals surface area contributed by atoms with Crippen molar-refractivity contribution < 1.29 is 14.3 Å². The van der Waals surface area contributed by atoms with E-state index in [-0.39, 0.29) is 5.56 Å². The first kappa shape index (κ1) is 13.2. The molecule has 1 rings (SSSR count). The van der Waals surface area contributed by atoms with Gasteiger partial charge in [0, 0.05) is 18.8 Å². The van der Waals surface area contributed by atoms with Gasteiger partial charge in [-0.3, -0.25) is 0 Å². The molecule has 0 aliphatic carbocycles. The normalized spacial score (nSPS) is 10.1. The Bertz CT molecular complexity index is 443. The summed E-state index contributed by atoms with van der Waals surface area (Å²) in [4.78, 5) is 12.6. The highest BCUT2D eigenvalue weighted by Gasteiger charge is 2.12. The number of aromatic carboxylic acids is 1. The molecule has 0 radical (unpaired) electrons. The van der Waals surface area contributed by atoms with E-state index in [4.69, 9.17) is 5.11 Å². The van der Waals surface area contributed by atoms with E-state index < -0.39 is 11.8 Å². The maximum Gasteiger partial charge on any atom is 0.338 e. The Labute approximate surface area is 100 Å². The molecule has 1 N–H and O–H groups in total. The monoisotopic (exact) mass is 237 g/mol. The molecule has 0 heterocycles. The van der Waals surface area contributed by atoms with Gasteiger partial charge in [0.2, 0.25) is 0 Å². The minimum absolute atomic E-state index is 0.305. The highest BCUT2D eigenvalue weighted by Crippen LogP contribution is 2.19. The van der Waals surface area contributed by atoms with Crippen LogP contribution in [0.15, 0.2) is 30.4 Å². The molecule has 0 saturated heterocycles. The zero-order valence-electron chi connectivity index (χ0n) is 10.0. The van der Waals surface area contributed by atoms with Gasteiger partial charge in [0.05, 0.1) is 5.56 Å². The molecule has 3 nitrogen and oxygen atoms in total. The van der Waals surface area contributed by atoms with E-state index in [1.54, 1.807) is 6.07 Å². The lowest BCUT2D eigenvalue weighted by atomic mass is 10.1. The number of anilines is 1. The largest absolute Gasteiger partial charge is 0.478 e. The van der Waals surface area contributed by atoms with Crippen molar-refractivity contribution in [2.45, 2.75) is 13.8 Å². The number of likely N-dealkylation sites (N-methyl/N-ethyl adjacent to an activating group) is 1. The van der Waals surface area contributed by atoms with E-state index in [1.807, 2.05) is 18.7 Å². The van der Waals surface area contributed by atoms with E-state index in [0.29, 0.717) is 18.8 Å². The summed E-state index contributed by atoms with van der Waals surface area (Å²) in [6.45, 7) is 8.99. The van der Waals surface area contributed by atoms with E-state index in [2.05, 4.69) is 6.58 Å². The topological polar surface area (TPSA) is 40.5 Å². The predicted molar refractivity (Wildman–Crippen MR) is 66.1 cm³/mol. The lowest BCUT2D eigenvalue weighted by Gasteiger charge is -2.23. The fourth-order valence-corrected chi connectivity index (χ4v) is 1.59. The van der Waals surface area contributed by atoms with Gasteiger partial charge < -0.3 is 10.0 Å². The molecule has 0 aliphatic rings. The Kier molecular flexibility index (Phi) is 4.26. The summed E-state index contributed by atoms with van der Waals surface area (Å²) in [7, 11) is 0. The van der Waals surface area contributed by atoms with Crippen LogP contribution in [0, 0.1) is 5.82 Å². The summed E-state index contributed by atoms with van der Waals surface area (Å²) < 4.78 is 13.5. The van der Waals surface area contributed by atoms with Crippen LogP contribution < -0.4 is 4.90 Å². The number of carboxylic acids is 1. The average molecular weight is 237 g/mol. The molecule has 0 amide bonds. The van der Waals surface area contributed by atoms with Gasteiger partial charge in [-0.2, -0.15) is 0 Å². The van der Waals surface area contributed by atoms with Crippen LogP contribution in [-0.2, 0) is 0 Å². The Hall–Kier alpha value is -1.84. The Morgan fingerprint density at radius 1 is 1.53 bits per heavy atom. The van der Waals surface area contributed by atoms with Gasteiger partial charge in [0.25, 0.3) is 0 Å². The van der Waals surface area contributed by atoms with Crippen LogP contribution in [-0.4, -0.2) is 24.2 Å². The number of hydrogen-bond acceptors (Lipinski definition) is 2. The van der Waals surface area contributed by atoms with E-state index in [1.165, 1.54) is 12.1 Å². The zero-order chi connectivity index (χ0) is 13.0. The SMILES string of the molecule is C=C(C)CN(CC)c1ccc(C(=O)O)c(F)c1. The second-order valence-corrected chi connectivity index (χ2v) is 3.94. The second-order valence-electron chi connectivity index (χ2n) is 3.94. The Morgan fingerprint density at radius 2 is 2.18 bits per heavy atom. The third-order valence-corrected chi connectivity index (χ3v) is 2.39. The van der Waals surface area contributed by atoms with Gasteiger partial charge >= 0.3 is 5.97 Å². The van der Waals surface area contributed by atoms with Gasteiger partial charge in [-0.25, -0.2) is 9.18 Å². The molecular weight excluding hydrogens is 221 g/mol. The van der Waals surface area contributed by atoms with E-state index in [0.717, 1.165) is 5.57 Å². The van der Waals surface area contributed by atoms with E-state index >= 15 is 0 Å². The van der Waals surface area contributed by atoms with Gasteiger partial charge in [-0.15, -0.1) is 0 Å². The third-order valence-electron chi connectivity index (χ3n) is 2.39. The molecule has 0 aromatic heterocycles. The number of benzene rings is 1. The highest BCUT2D eigenvalue weighted by atomic mass is 19.1. The molecule has 0 atom stereocenters. The van der Waals surface area contributed by atoms with Crippen molar-refractivity contribution >= 4 is 11.7 Å². The van der Waals surface area contributed by atoms with Gasteiger partial charge in [-0.1, -0.05) is 12.2 Å². The molecule has 4 heteroatoms. The quantitative estimate of drug-likeness (QED) is 0.800. The summed E-state index contributed by atoms with van der Waals surface area (Å²) in [6, 6.07) is 4.14. The molecule has 0 fully saturated rings. The van der Waals surface area contributed by atoms with Crippen molar-refractivity contribution in [2.24, 2.45) is 0 Å². The second kappa shape index (κ2) is 5.48. The molecule has 0 spiro atoms. The highest BCUT2D eigenvalue weighted by molar-refractivity contribution is 5.88. The van der Waals surface area contributed by atoms with Crippen LogP contribution in [0.4, 0.5) is 10.1 Å². The van der Waals surface area contributed by atoms with Crippen molar-refractivity contribution in [1.82, 2.24) is 0 Å². The molecule has 17 heavy (non-hydrogen) atoms. The van der Waals surface area contributed by atoms with Crippen molar-refractivity contribution in [1.29, 1.82) is 0 Å². The summed E-state index contributed by atoms with van der Waals surface area (Å²) in [5.74, 6) is -1.97. The van der Waals surface area contributed by atoms with Gasteiger partial charge in [0.15, 0.2) is 0 Å². The van der Waals surface area contributed by atoms with Gasteiger partial charge in [-0.05, 0) is 32.0 Å². The van der Waals surface area contributed by atoms with Crippen molar-refractivity contribution in [3.8, 4) is 0 Å². The number of carbonyl (C=O) groups is 1. The lowest BCUT2D eigenvalue weighted by molar-refractivity contribution is 0.0692. The fraction of sp³-hybridized carbons (Fsp3) is 0.308. The third kappa shape index (κ3) is 3.31. The fourth-order valence-electron chi connectivity index (χ4n) is 1.59. The van der Waals surface area contributed by atoms with Crippen molar-refractivity contribution in [3.63, 3.8) is 0 Å². The molecule has 92 valence electrons. The number of carboxylic acid groups (broad SMARTS) is 1. The van der Waals surface area contributed by atoms with Crippen LogP contribution in [0.1, 0.15) is 24.2 Å². The van der Waals surface area contributed by atoms with Crippen molar-refractivity contribution in [3.05, 3.63) is 41.7 Å². The summed E-state index contributed by atoms with van der Waals surface area (Å²) in [6.07, 6.45) is 0. The lowest BCUT2D eigenvalue weighted by Crippen LogP contribution is -2.24. The van der Waals surface area contributed by atoms with E-state index in [9.17, 15) is 9.18 Å². The molecule has 0 unspecified atom stereocenters. The van der Waals surface area contributed by atoms with Crippen LogP contribution >= 0.6 is 0 Å². The number of rotatable bonds is 5. The predicted octanol–water partition coefficient (Wildman–Crippen LogP) is 2.93. The maximum atomic E-state index is 13.5. The summed E-state index contributed by atoms with van der Waals surface area (Å²) in [5.41, 5.74) is 1.33. The van der Waals surface area contributed by atoms with Crippen LogP contribution in [0.2, 0.25) is 0 Å². The molecule has 1 aromatic carbocycles. The van der Waals surface area contributed by atoms with Crippen LogP contribution in [0.3, 0.4) is 0 Å². The summed E-state index contributed by atoms with van der Waals surface area (Å²) >= 11 is 0.